The number of hydrogen-bond acceptors (Lipinski definition) is 4. The molecule has 0 radical (unpaired) electrons. The van der Waals surface area contributed by atoms with Crippen LogP contribution in [0.4, 0.5) is 0 Å². The Hall–Kier alpha value is -2.92. The molecule has 0 saturated heterocycles. The molecule has 5 heteroatoms. The van der Waals surface area contributed by atoms with Gasteiger partial charge in [0.1, 0.15) is 10.6 Å². The smallest absolute Gasteiger partial charge is 0.339 e. The molecule has 25 heavy (non-hydrogen) atoms. The molecule has 0 N–H and O–H groups in total. The van der Waals surface area contributed by atoms with Gasteiger partial charge < -0.3 is 4.18 Å². The summed E-state index contributed by atoms with van der Waals surface area (Å²) in [6.07, 6.45) is 0. The van der Waals surface area contributed by atoms with Crippen molar-refractivity contribution >= 4 is 15.9 Å². The van der Waals surface area contributed by atoms with Gasteiger partial charge in [-0.15, -0.1) is 0 Å². The first-order valence-electron chi connectivity index (χ1n) is 7.67. The van der Waals surface area contributed by atoms with Gasteiger partial charge in [0.2, 0.25) is 0 Å². The van der Waals surface area contributed by atoms with E-state index < -0.39 is 10.1 Å². The van der Waals surface area contributed by atoms with Crippen LogP contribution in [0.5, 0.6) is 5.75 Å². The second-order valence-electron chi connectivity index (χ2n) is 5.57. The molecule has 3 aromatic carbocycles. The van der Waals surface area contributed by atoms with Crippen LogP contribution in [0.1, 0.15) is 21.5 Å². The summed E-state index contributed by atoms with van der Waals surface area (Å²) in [5.41, 5.74) is 1.98. The molecule has 0 amide bonds. The topological polar surface area (TPSA) is 60.4 Å². The van der Waals surface area contributed by atoms with E-state index in [-0.39, 0.29) is 16.4 Å². The van der Waals surface area contributed by atoms with Gasteiger partial charge in [0.25, 0.3) is 0 Å². The van der Waals surface area contributed by atoms with E-state index in [9.17, 15) is 13.2 Å². The molecule has 0 aliphatic carbocycles. The average molecular weight is 352 g/mol. The number of benzene rings is 3. The molecular weight excluding hydrogens is 336 g/mol. The van der Waals surface area contributed by atoms with Crippen molar-refractivity contribution in [3.8, 4) is 5.75 Å². The SMILES string of the molecule is Cc1ccc(OS(=O)(=O)c2ccc(C(=O)c3ccccc3)cc2)cc1. The molecule has 0 unspecified atom stereocenters. The van der Waals surface area contributed by atoms with E-state index >= 15 is 0 Å². The molecule has 0 bridgehead atoms. The number of rotatable bonds is 5. The zero-order valence-corrected chi connectivity index (χ0v) is 14.4. The maximum atomic E-state index is 12.3. The maximum Gasteiger partial charge on any atom is 0.339 e. The maximum absolute atomic E-state index is 12.3. The van der Waals surface area contributed by atoms with Crippen molar-refractivity contribution in [2.45, 2.75) is 11.8 Å². The summed E-state index contributed by atoms with van der Waals surface area (Å²) < 4.78 is 29.8. The molecule has 4 nitrogen and oxygen atoms in total. The van der Waals surface area contributed by atoms with Crippen LogP contribution in [0.15, 0.2) is 83.8 Å². The highest BCUT2D eigenvalue weighted by molar-refractivity contribution is 7.87. The fraction of sp³-hybridized carbons (Fsp3) is 0.0500. The first-order valence-corrected chi connectivity index (χ1v) is 9.07. The lowest BCUT2D eigenvalue weighted by atomic mass is 10.0. The van der Waals surface area contributed by atoms with Crippen molar-refractivity contribution < 1.29 is 17.4 Å². The summed E-state index contributed by atoms with van der Waals surface area (Å²) in [6, 6.07) is 21.3. The van der Waals surface area contributed by atoms with Gasteiger partial charge in [-0.05, 0) is 43.3 Å². The van der Waals surface area contributed by atoms with Crippen molar-refractivity contribution in [3.63, 3.8) is 0 Å². The van der Waals surface area contributed by atoms with Crippen molar-refractivity contribution in [3.05, 3.63) is 95.6 Å². The number of aryl methyl sites for hydroxylation is 1. The van der Waals surface area contributed by atoms with Crippen LogP contribution >= 0.6 is 0 Å². The normalized spacial score (nSPS) is 11.1. The van der Waals surface area contributed by atoms with Crippen LogP contribution in [0.25, 0.3) is 0 Å². The number of hydrogen-bond donors (Lipinski definition) is 0. The van der Waals surface area contributed by atoms with Gasteiger partial charge in [0.15, 0.2) is 5.78 Å². The lowest BCUT2D eigenvalue weighted by molar-refractivity contribution is 0.103. The van der Waals surface area contributed by atoms with Gasteiger partial charge >= 0.3 is 10.1 Å². The van der Waals surface area contributed by atoms with Gasteiger partial charge in [-0.1, -0.05) is 48.0 Å². The third-order valence-electron chi connectivity index (χ3n) is 3.67. The van der Waals surface area contributed by atoms with Gasteiger partial charge in [0, 0.05) is 11.1 Å². The van der Waals surface area contributed by atoms with Gasteiger partial charge in [-0.3, -0.25) is 4.79 Å². The minimum absolute atomic E-state index is 0.00214. The Balaban J connectivity index is 1.81. The highest BCUT2D eigenvalue weighted by Crippen LogP contribution is 2.20. The largest absolute Gasteiger partial charge is 0.379 e. The molecule has 3 aromatic rings. The van der Waals surface area contributed by atoms with Crippen LogP contribution in [-0.2, 0) is 10.1 Å². The van der Waals surface area contributed by atoms with Crippen molar-refractivity contribution in [1.29, 1.82) is 0 Å². The lowest BCUT2D eigenvalue weighted by Gasteiger charge is -2.08. The summed E-state index contributed by atoms with van der Waals surface area (Å²) in [6.45, 7) is 1.90. The van der Waals surface area contributed by atoms with Gasteiger partial charge in [0.05, 0.1) is 0 Å². The number of carbonyl (C=O) groups is 1. The standard InChI is InChI=1S/C20H16O4S/c1-15-7-11-18(12-8-15)24-25(22,23)19-13-9-17(10-14-19)20(21)16-5-3-2-4-6-16/h2-14H,1H3. The van der Waals surface area contributed by atoms with Crippen molar-refractivity contribution in [2.24, 2.45) is 0 Å². The van der Waals surface area contributed by atoms with E-state index in [0.717, 1.165) is 5.56 Å². The Morgan fingerprint density at radius 1 is 0.760 bits per heavy atom. The average Bonchev–Trinajstić information content (AvgIpc) is 2.64. The van der Waals surface area contributed by atoms with E-state index in [2.05, 4.69) is 0 Å². The Morgan fingerprint density at radius 3 is 1.92 bits per heavy atom. The quantitative estimate of drug-likeness (QED) is 0.514. The fourth-order valence-electron chi connectivity index (χ4n) is 2.30. The predicted molar refractivity (Wildman–Crippen MR) is 95.3 cm³/mol. The summed E-state index contributed by atoms with van der Waals surface area (Å²) in [5.74, 6) is 0.0824. The first kappa shape index (κ1) is 16.9. The molecule has 0 aromatic heterocycles. The van der Waals surface area contributed by atoms with E-state index in [1.807, 2.05) is 13.0 Å². The highest BCUT2D eigenvalue weighted by atomic mass is 32.2. The molecule has 3 rings (SSSR count). The molecule has 0 aliphatic rings. The number of ketones is 1. The molecular formula is C20H16O4S. The Labute approximate surface area is 146 Å². The van der Waals surface area contributed by atoms with E-state index in [1.165, 1.54) is 24.3 Å². The molecule has 0 atom stereocenters. The van der Waals surface area contributed by atoms with Gasteiger partial charge in [-0.2, -0.15) is 8.42 Å². The van der Waals surface area contributed by atoms with Crippen molar-refractivity contribution in [1.82, 2.24) is 0 Å². The lowest BCUT2D eigenvalue weighted by Crippen LogP contribution is -2.10. The van der Waals surface area contributed by atoms with Crippen molar-refractivity contribution in [2.75, 3.05) is 0 Å². The van der Waals surface area contributed by atoms with E-state index in [4.69, 9.17) is 4.18 Å². The Bertz CT molecular complexity index is 974. The third-order valence-corrected chi connectivity index (χ3v) is 4.93. The van der Waals surface area contributed by atoms with E-state index in [0.29, 0.717) is 11.1 Å². The van der Waals surface area contributed by atoms with E-state index in [1.54, 1.807) is 48.5 Å². The summed E-state index contributed by atoms with van der Waals surface area (Å²) in [4.78, 5) is 12.3. The summed E-state index contributed by atoms with van der Waals surface area (Å²) in [7, 11) is -3.94. The van der Waals surface area contributed by atoms with Crippen LogP contribution < -0.4 is 4.18 Å². The monoisotopic (exact) mass is 352 g/mol. The second-order valence-corrected chi connectivity index (χ2v) is 7.12. The Kier molecular flexibility index (Phi) is 4.67. The minimum Gasteiger partial charge on any atom is -0.379 e. The van der Waals surface area contributed by atoms with Gasteiger partial charge in [-0.25, -0.2) is 0 Å². The van der Waals surface area contributed by atoms with Crippen LogP contribution in [0.2, 0.25) is 0 Å². The first-order chi connectivity index (χ1) is 12.0. The summed E-state index contributed by atoms with van der Waals surface area (Å²) >= 11 is 0. The molecule has 0 fully saturated rings. The van der Waals surface area contributed by atoms with Crippen LogP contribution in [0.3, 0.4) is 0 Å². The predicted octanol–water partition coefficient (Wildman–Crippen LogP) is 3.99. The molecule has 0 spiro atoms. The third kappa shape index (κ3) is 3.95. The summed E-state index contributed by atoms with van der Waals surface area (Å²) in [5, 5.41) is 0. The van der Waals surface area contributed by atoms with Crippen LogP contribution in [-0.4, -0.2) is 14.2 Å². The highest BCUT2D eigenvalue weighted by Gasteiger charge is 2.17. The fourth-order valence-corrected chi connectivity index (χ4v) is 3.23. The molecule has 126 valence electrons. The second kappa shape index (κ2) is 6.91. The number of carbonyl (C=O) groups excluding carboxylic acids is 1. The minimum atomic E-state index is -3.94. The Morgan fingerprint density at radius 2 is 1.32 bits per heavy atom. The zero-order valence-electron chi connectivity index (χ0n) is 13.5. The zero-order chi connectivity index (χ0) is 17.9. The van der Waals surface area contributed by atoms with Crippen LogP contribution in [0, 0.1) is 6.92 Å². The molecule has 0 saturated carbocycles. The molecule has 0 aliphatic heterocycles. The molecule has 0 heterocycles.